The molecular weight excluding hydrogens is 351 g/mol. The van der Waals surface area contributed by atoms with Crippen LogP contribution in [0.5, 0.6) is 5.75 Å². The van der Waals surface area contributed by atoms with Gasteiger partial charge in [-0.3, -0.25) is 4.79 Å². The van der Waals surface area contributed by atoms with Crippen molar-refractivity contribution in [3.63, 3.8) is 0 Å². The van der Waals surface area contributed by atoms with Crippen LogP contribution in [0.4, 0.5) is 13.2 Å². The minimum Gasteiger partial charge on any atom is -0.481 e. The Hall–Kier alpha value is -1.81. The van der Waals surface area contributed by atoms with E-state index < -0.39 is 45.0 Å². The lowest BCUT2D eigenvalue weighted by molar-refractivity contribution is -0.275. The normalized spacial score (nSPS) is 23.0. The first-order valence-corrected chi connectivity index (χ1v) is 8.57. The number of halogens is 3. The number of piperidine rings is 1. The zero-order valence-electron chi connectivity index (χ0n) is 12.7. The molecule has 0 saturated carbocycles. The summed E-state index contributed by atoms with van der Waals surface area (Å²) >= 11 is 0. The van der Waals surface area contributed by atoms with Crippen LogP contribution in [0.1, 0.15) is 19.8 Å². The fraction of sp³-hybridized carbons (Fsp3) is 0.500. The molecule has 0 unspecified atom stereocenters. The van der Waals surface area contributed by atoms with Gasteiger partial charge in [0.2, 0.25) is 10.0 Å². The maximum absolute atomic E-state index is 12.8. The Kier molecular flexibility index (Phi) is 5.09. The minimum absolute atomic E-state index is 0.0353. The van der Waals surface area contributed by atoms with E-state index in [1.165, 1.54) is 19.1 Å². The van der Waals surface area contributed by atoms with Gasteiger partial charge in [0.1, 0.15) is 10.6 Å². The third-order valence-electron chi connectivity index (χ3n) is 3.91. The predicted octanol–water partition coefficient (Wildman–Crippen LogP) is 2.46. The number of carbonyl (C=O) groups is 1. The Morgan fingerprint density at radius 2 is 1.96 bits per heavy atom. The van der Waals surface area contributed by atoms with Crippen molar-refractivity contribution in [1.82, 2.24) is 4.31 Å². The van der Waals surface area contributed by atoms with Crippen molar-refractivity contribution >= 4 is 16.0 Å². The average Bonchev–Trinajstić information content (AvgIpc) is 2.45. The van der Waals surface area contributed by atoms with Gasteiger partial charge in [0.25, 0.3) is 0 Å². The van der Waals surface area contributed by atoms with Gasteiger partial charge in [0, 0.05) is 12.6 Å². The second-order valence-electron chi connectivity index (χ2n) is 5.44. The van der Waals surface area contributed by atoms with E-state index in [0.29, 0.717) is 12.8 Å². The monoisotopic (exact) mass is 367 g/mol. The van der Waals surface area contributed by atoms with Crippen LogP contribution in [0, 0.1) is 5.92 Å². The van der Waals surface area contributed by atoms with Crippen molar-refractivity contribution in [2.75, 3.05) is 6.54 Å². The Balaban J connectivity index is 2.42. The van der Waals surface area contributed by atoms with E-state index >= 15 is 0 Å². The van der Waals surface area contributed by atoms with Gasteiger partial charge < -0.3 is 9.84 Å². The Morgan fingerprint density at radius 3 is 2.54 bits per heavy atom. The van der Waals surface area contributed by atoms with Gasteiger partial charge in [-0.15, -0.1) is 13.2 Å². The van der Waals surface area contributed by atoms with Gasteiger partial charge in [-0.1, -0.05) is 12.1 Å². The van der Waals surface area contributed by atoms with Crippen molar-refractivity contribution < 1.29 is 36.2 Å². The third kappa shape index (κ3) is 3.81. The highest BCUT2D eigenvalue weighted by molar-refractivity contribution is 7.89. The lowest BCUT2D eigenvalue weighted by Crippen LogP contribution is -2.49. The zero-order valence-corrected chi connectivity index (χ0v) is 13.5. The van der Waals surface area contributed by atoms with E-state index in [9.17, 15) is 31.5 Å². The first-order chi connectivity index (χ1) is 11.0. The summed E-state index contributed by atoms with van der Waals surface area (Å²) < 4.78 is 67.7. The van der Waals surface area contributed by atoms with Gasteiger partial charge in [-0.05, 0) is 31.9 Å². The smallest absolute Gasteiger partial charge is 0.481 e. The molecule has 2 rings (SSSR count). The molecule has 0 radical (unpaired) electrons. The summed E-state index contributed by atoms with van der Waals surface area (Å²) in [5.41, 5.74) is 0. The SMILES string of the molecule is C[C@@H]1[C@H](C(=O)O)CCCN1S(=O)(=O)c1ccccc1OC(F)(F)F. The van der Waals surface area contributed by atoms with E-state index in [4.69, 9.17) is 0 Å². The molecule has 24 heavy (non-hydrogen) atoms. The molecule has 2 atom stereocenters. The summed E-state index contributed by atoms with van der Waals surface area (Å²) in [7, 11) is -4.34. The fourth-order valence-corrected chi connectivity index (χ4v) is 4.60. The van der Waals surface area contributed by atoms with Crippen LogP contribution < -0.4 is 4.74 Å². The molecule has 1 aliphatic heterocycles. The van der Waals surface area contributed by atoms with Gasteiger partial charge >= 0.3 is 12.3 Å². The quantitative estimate of drug-likeness (QED) is 0.884. The van der Waals surface area contributed by atoms with Crippen molar-refractivity contribution in [2.24, 2.45) is 5.92 Å². The summed E-state index contributed by atoms with van der Waals surface area (Å²) in [5.74, 6) is -2.89. The van der Waals surface area contributed by atoms with Crippen molar-refractivity contribution in [3.8, 4) is 5.75 Å². The number of nitrogens with zero attached hydrogens (tertiary/aromatic N) is 1. The van der Waals surface area contributed by atoms with Gasteiger partial charge in [0.15, 0.2) is 0 Å². The number of sulfonamides is 1. The molecule has 0 bridgehead atoms. The third-order valence-corrected chi connectivity index (χ3v) is 5.93. The molecule has 1 aromatic rings. The Labute approximate surface area is 136 Å². The van der Waals surface area contributed by atoms with Gasteiger partial charge in [-0.25, -0.2) is 8.42 Å². The first kappa shape index (κ1) is 18.5. The van der Waals surface area contributed by atoms with Crippen LogP contribution in [0.2, 0.25) is 0 Å². The number of alkyl halides is 3. The molecule has 1 fully saturated rings. The summed E-state index contributed by atoms with van der Waals surface area (Å²) in [6.07, 6.45) is -4.42. The number of aliphatic carboxylic acids is 1. The van der Waals surface area contributed by atoms with Crippen LogP contribution in [0.15, 0.2) is 29.2 Å². The maximum atomic E-state index is 12.8. The first-order valence-electron chi connectivity index (χ1n) is 7.13. The van der Waals surface area contributed by atoms with E-state index in [1.807, 2.05) is 0 Å². The van der Waals surface area contributed by atoms with Gasteiger partial charge in [0.05, 0.1) is 5.92 Å². The van der Waals surface area contributed by atoms with Gasteiger partial charge in [-0.2, -0.15) is 4.31 Å². The molecule has 134 valence electrons. The topological polar surface area (TPSA) is 83.9 Å². The van der Waals surface area contributed by atoms with E-state index in [-0.39, 0.29) is 6.54 Å². The summed E-state index contributed by atoms with van der Waals surface area (Å²) in [4.78, 5) is 10.6. The molecule has 10 heteroatoms. The number of hydrogen-bond acceptors (Lipinski definition) is 4. The number of rotatable bonds is 4. The molecule has 0 amide bonds. The van der Waals surface area contributed by atoms with Crippen molar-refractivity contribution in [3.05, 3.63) is 24.3 Å². The number of para-hydroxylation sites is 1. The molecule has 0 aliphatic carbocycles. The summed E-state index contributed by atoms with van der Waals surface area (Å²) in [6.45, 7) is 1.47. The van der Waals surface area contributed by atoms with Crippen LogP contribution in [-0.2, 0) is 14.8 Å². The minimum atomic E-state index is -5.04. The number of carboxylic acids is 1. The predicted molar refractivity (Wildman–Crippen MR) is 76.8 cm³/mol. The molecule has 1 N–H and O–H groups in total. The molecule has 0 spiro atoms. The standard InChI is InChI=1S/C14H16F3NO5S/c1-9-10(13(19)20)5-4-8-18(9)24(21,22)12-7-3-2-6-11(12)23-14(15,16)17/h2-3,6-7,9-10H,4-5,8H2,1H3,(H,19,20)/t9-,10-/m1/s1. The maximum Gasteiger partial charge on any atom is 0.573 e. The van der Waals surface area contributed by atoms with Crippen molar-refractivity contribution in [2.45, 2.75) is 37.1 Å². The van der Waals surface area contributed by atoms with E-state index in [2.05, 4.69) is 4.74 Å². The molecular formula is C14H16F3NO5S. The largest absolute Gasteiger partial charge is 0.573 e. The molecule has 1 saturated heterocycles. The zero-order chi connectivity index (χ0) is 18.1. The summed E-state index contributed by atoms with van der Waals surface area (Å²) in [6, 6.07) is 3.54. The van der Waals surface area contributed by atoms with Crippen molar-refractivity contribution in [1.29, 1.82) is 0 Å². The highest BCUT2D eigenvalue weighted by Gasteiger charge is 2.41. The lowest BCUT2D eigenvalue weighted by Gasteiger charge is -2.36. The average molecular weight is 367 g/mol. The number of hydrogen-bond donors (Lipinski definition) is 1. The number of carboxylic acid groups (broad SMARTS) is 1. The molecule has 1 aromatic carbocycles. The Bertz CT molecular complexity index is 719. The molecule has 6 nitrogen and oxygen atoms in total. The summed E-state index contributed by atoms with van der Waals surface area (Å²) in [5, 5.41) is 9.18. The second kappa shape index (κ2) is 6.60. The van der Waals surface area contributed by atoms with E-state index in [1.54, 1.807) is 0 Å². The van der Waals surface area contributed by atoms with Crippen LogP contribution >= 0.6 is 0 Å². The van der Waals surface area contributed by atoms with Crippen LogP contribution in [0.25, 0.3) is 0 Å². The van der Waals surface area contributed by atoms with Crippen LogP contribution in [0.3, 0.4) is 0 Å². The number of benzene rings is 1. The highest BCUT2D eigenvalue weighted by Crippen LogP contribution is 2.35. The molecule has 1 aliphatic rings. The molecule has 1 heterocycles. The number of ether oxygens (including phenoxy) is 1. The Morgan fingerprint density at radius 1 is 1.33 bits per heavy atom. The molecule has 0 aromatic heterocycles. The lowest BCUT2D eigenvalue weighted by atomic mass is 9.92. The van der Waals surface area contributed by atoms with E-state index in [0.717, 1.165) is 16.4 Å². The highest BCUT2D eigenvalue weighted by atomic mass is 32.2. The second-order valence-corrected chi connectivity index (χ2v) is 7.30. The van der Waals surface area contributed by atoms with Crippen LogP contribution in [-0.4, -0.2) is 42.7 Å². The fourth-order valence-electron chi connectivity index (χ4n) is 2.78.